The predicted molar refractivity (Wildman–Crippen MR) is 91.7 cm³/mol. The van der Waals surface area contributed by atoms with Crippen LogP contribution in [-0.4, -0.2) is 13.7 Å². The molecule has 0 bridgehead atoms. The summed E-state index contributed by atoms with van der Waals surface area (Å²) in [6.07, 6.45) is 7.23. The van der Waals surface area contributed by atoms with Crippen LogP contribution in [0.1, 0.15) is 37.7 Å². The number of benzene rings is 2. The van der Waals surface area contributed by atoms with Crippen LogP contribution >= 0.6 is 0 Å². The molecule has 0 heterocycles. The molecule has 0 unspecified atom stereocenters. The first-order valence-corrected chi connectivity index (χ1v) is 8.20. The van der Waals surface area contributed by atoms with E-state index in [-0.39, 0.29) is 0 Å². The van der Waals surface area contributed by atoms with Crippen molar-refractivity contribution in [2.45, 2.75) is 38.5 Å². The molecule has 0 saturated heterocycles. The number of rotatable bonds is 10. The first kappa shape index (κ1) is 16.4. The summed E-state index contributed by atoms with van der Waals surface area (Å²) in [6.45, 7) is 0.816. The monoisotopic (exact) mass is 298 g/mol. The summed E-state index contributed by atoms with van der Waals surface area (Å²) in [5.41, 5.74) is 1.32. The molecule has 0 aliphatic heterocycles. The minimum absolute atomic E-state index is 0.816. The van der Waals surface area contributed by atoms with Gasteiger partial charge in [-0.3, -0.25) is 0 Å². The molecule has 0 radical (unpaired) electrons. The van der Waals surface area contributed by atoms with Gasteiger partial charge in [0.15, 0.2) is 0 Å². The van der Waals surface area contributed by atoms with Crippen molar-refractivity contribution in [2.24, 2.45) is 0 Å². The zero-order chi connectivity index (χ0) is 15.5. The van der Waals surface area contributed by atoms with Crippen LogP contribution in [0.2, 0.25) is 0 Å². The van der Waals surface area contributed by atoms with Gasteiger partial charge in [0.05, 0.1) is 13.7 Å². The van der Waals surface area contributed by atoms with E-state index in [1.54, 1.807) is 7.11 Å². The summed E-state index contributed by atoms with van der Waals surface area (Å²) in [5, 5.41) is 0. The Hall–Kier alpha value is -1.96. The van der Waals surface area contributed by atoms with E-state index < -0.39 is 0 Å². The Morgan fingerprint density at radius 3 is 2.23 bits per heavy atom. The Bertz CT molecular complexity index is 522. The second-order valence-electron chi connectivity index (χ2n) is 5.49. The topological polar surface area (TPSA) is 18.5 Å². The third-order valence-corrected chi connectivity index (χ3v) is 3.79. The molecular weight excluding hydrogens is 272 g/mol. The molecule has 0 aliphatic carbocycles. The summed E-state index contributed by atoms with van der Waals surface area (Å²) < 4.78 is 11.1. The van der Waals surface area contributed by atoms with E-state index in [1.165, 1.54) is 31.2 Å². The van der Waals surface area contributed by atoms with Gasteiger partial charge in [0.2, 0.25) is 0 Å². The van der Waals surface area contributed by atoms with Crippen LogP contribution in [0.3, 0.4) is 0 Å². The summed E-state index contributed by atoms with van der Waals surface area (Å²) in [5.74, 6) is 1.98. The van der Waals surface area contributed by atoms with E-state index in [9.17, 15) is 0 Å². The zero-order valence-electron chi connectivity index (χ0n) is 13.5. The molecule has 0 amide bonds. The summed E-state index contributed by atoms with van der Waals surface area (Å²) in [6, 6.07) is 18.3. The number of methoxy groups -OCH3 is 1. The fourth-order valence-corrected chi connectivity index (χ4v) is 2.56. The first-order chi connectivity index (χ1) is 10.9. The van der Waals surface area contributed by atoms with Crippen molar-refractivity contribution in [3.05, 3.63) is 60.2 Å². The van der Waals surface area contributed by atoms with Gasteiger partial charge in [0.25, 0.3) is 0 Å². The Morgan fingerprint density at radius 2 is 1.41 bits per heavy atom. The van der Waals surface area contributed by atoms with Gasteiger partial charge in [0, 0.05) is 0 Å². The van der Waals surface area contributed by atoms with E-state index in [0.29, 0.717) is 0 Å². The second-order valence-corrected chi connectivity index (χ2v) is 5.49. The number of hydrogen-bond donors (Lipinski definition) is 0. The van der Waals surface area contributed by atoms with Gasteiger partial charge in [-0.1, -0.05) is 55.7 Å². The lowest BCUT2D eigenvalue weighted by molar-refractivity contribution is 0.304. The third-order valence-electron chi connectivity index (χ3n) is 3.79. The maximum atomic E-state index is 5.70. The lowest BCUT2D eigenvalue weighted by Crippen LogP contribution is -1.97. The molecular formula is C20H26O2. The molecule has 2 nitrogen and oxygen atoms in total. The molecule has 0 fully saturated rings. The van der Waals surface area contributed by atoms with Gasteiger partial charge in [-0.15, -0.1) is 0 Å². The molecule has 0 aromatic heterocycles. The van der Waals surface area contributed by atoms with Crippen molar-refractivity contribution in [1.29, 1.82) is 0 Å². The van der Waals surface area contributed by atoms with E-state index >= 15 is 0 Å². The summed E-state index contributed by atoms with van der Waals surface area (Å²) in [4.78, 5) is 0. The van der Waals surface area contributed by atoms with Crippen LogP contribution in [0, 0.1) is 0 Å². The first-order valence-electron chi connectivity index (χ1n) is 8.20. The van der Waals surface area contributed by atoms with Crippen LogP contribution in [0.4, 0.5) is 0 Å². The Balaban J connectivity index is 1.51. The smallest absolute Gasteiger partial charge is 0.122 e. The van der Waals surface area contributed by atoms with Gasteiger partial charge >= 0.3 is 0 Å². The van der Waals surface area contributed by atoms with Gasteiger partial charge in [-0.2, -0.15) is 0 Å². The highest BCUT2D eigenvalue weighted by atomic mass is 16.5. The quantitative estimate of drug-likeness (QED) is 0.556. The molecule has 0 spiro atoms. The molecule has 2 rings (SSSR count). The van der Waals surface area contributed by atoms with Crippen molar-refractivity contribution >= 4 is 0 Å². The second kappa shape index (κ2) is 9.88. The maximum absolute atomic E-state index is 5.70. The van der Waals surface area contributed by atoms with Crippen LogP contribution < -0.4 is 9.47 Å². The number of aryl methyl sites for hydroxylation is 1. The highest BCUT2D eigenvalue weighted by Crippen LogP contribution is 2.20. The SMILES string of the molecule is COc1ccccc1CCCCCCCOc1ccccc1. The van der Waals surface area contributed by atoms with Crippen LogP contribution in [0.25, 0.3) is 0 Å². The molecule has 2 heteroatoms. The number of para-hydroxylation sites is 2. The fraction of sp³-hybridized carbons (Fsp3) is 0.400. The van der Waals surface area contributed by atoms with Gasteiger partial charge in [-0.05, 0) is 43.0 Å². The fourth-order valence-electron chi connectivity index (χ4n) is 2.56. The lowest BCUT2D eigenvalue weighted by atomic mass is 10.0. The molecule has 0 atom stereocenters. The molecule has 0 aliphatic rings. The van der Waals surface area contributed by atoms with E-state index in [1.807, 2.05) is 42.5 Å². The molecule has 2 aromatic carbocycles. The number of hydrogen-bond acceptors (Lipinski definition) is 2. The maximum Gasteiger partial charge on any atom is 0.122 e. The van der Waals surface area contributed by atoms with E-state index in [2.05, 4.69) is 12.1 Å². The predicted octanol–water partition coefficient (Wildman–Crippen LogP) is 5.27. The van der Waals surface area contributed by atoms with Crippen LogP contribution in [-0.2, 0) is 6.42 Å². The number of ether oxygens (including phenoxy) is 2. The molecule has 22 heavy (non-hydrogen) atoms. The average Bonchev–Trinajstić information content (AvgIpc) is 2.58. The van der Waals surface area contributed by atoms with Gasteiger partial charge in [-0.25, -0.2) is 0 Å². The number of unbranched alkanes of at least 4 members (excludes halogenated alkanes) is 4. The lowest BCUT2D eigenvalue weighted by Gasteiger charge is -2.08. The highest BCUT2D eigenvalue weighted by molar-refractivity contribution is 5.33. The molecule has 2 aromatic rings. The van der Waals surface area contributed by atoms with Gasteiger partial charge < -0.3 is 9.47 Å². The van der Waals surface area contributed by atoms with Crippen molar-refractivity contribution in [3.8, 4) is 11.5 Å². The Kier molecular flexibility index (Phi) is 7.37. The molecule has 118 valence electrons. The van der Waals surface area contributed by atoms with E-state index in [0.717, 1.165) is 30.9 Å². The molecule has 0 saturated carbocycles. The molecule has 0 N–H and O–H groups in total. The average molecular weight is 298 g/mol. The summed E-state index contributed by atoms with van der Waals surface area (Å²) in [7, 11) is 1.74. The minimum Gasteiger partial charge on any atom is -0.496 e. The highest BCUT2D eigenvalue weighted by Gasteiger charge is 2.01. The van der Waals surface area contributed by atoms with Crippen LogP contribution in [0.15, 0.2) is 54.6 Å². The minimum atomic E-state index is 0.816. The Labute approximate surface area is 134 Å². The third kappa shape index (κ3) is 5.80. The largest absolute Gasteiger partial charge is 0.496 e. The van der Waals surface area contributed by atoms with Crippen LogP contribution in [0.5, 0.6) is 11.5 Å². The Morgan fingerprint density at radius 1 is 0.727 bits per heavy atom. The normalized spacial score (nSPS) is 10.4. The van der Waals surface area contributed by atoms with Crippen molar-refractivity contribution in [3.63, 3.8) is 0 Å². The van der Waals surface area contributed by atoms with Gasteiger partial charge in [0.1, 0.15) is 11.5 Å². The van der Waals surface area contributed by atoms with Crippen molar-refractivity contribution in [1.82, 2.24) is 0 Å². The van der Waals surface area contributed by atoms with Crippen molar-refractivity contribution < 1.29 is 9.47 Å². The van der Waals surface area contributed by atoms with Crippen molar-refractivity contribution in [2.75, 3.05) is 13.7 Å². The van der Waals surface area contributed by atoms with E-state index in [4.69, 9.17) is 9.47 Å². The summed E-state index contributed by atoms with van der Waals surface area (Å²) >= 11 is 0. The standard InChI is InChI=1S/C20H26O2/c1-21-20-16-10-9-13-18(20)12-6-3-2-4-11-17-22-19-14-7-5-8-15-19/h5,7-10,13-16H,2-4,6,11-12,17H2,1H3. The zero-order valence-corrected chi connectivity index (χ0v) is 13.5.